The molecule has 0 aromatic rings. The van der Waals surface area contributed by atoms with Gasteiger partial charge in [-0.2, -0.15) is 0 Å². The zero-order valence-corrected chi connectivity index (χ0v) is 10.4. The van der Waals surface area contributed by atoms with E-state index in [1.165, 1.54) is 0 Å². The molecule has 15 heavy (non-hydrogen) atoms. The Morgan fingerprint density at radius 3 is 3.00 bits per heavy atom. The van der Waals surface area contributed by atoms with E-state index in [-0.39, 0.29) is 5.60 Å². The fourth-order valence-electron chi connectivity index (χ4n) is 2.09. The molecule has 0 aliphatic carbocycles. The third-order valence-corrected chi connectivity index (χ3v) is 3.32. The average Bonchev–Trinajstić information content (AvgIpc) is 2.25. The number of rotatable bonds is 5. The smallest absolute Gasteiger partial charge is 0.0666 e. The molecule has 1 heterocycles. The van der Waals surface area contributed by atoms with Crippen LogP contribution in [0, 0.1) is 0 Å². The van der Waals surface area contributed by atoms with E-state index in [4.69, 9.17) is 4.74 Å². The van der Waals surface area contributed by atoms with Crippen LogP contribution >= 0.6 is 0 Å². The van der Waals surface area contributed by atoms with E-state index in [1.54, 1.807) is 0 Å². The van der Waals surface area contributed by atoms with Gasteiger partial charge in [0.2, 0.25) is 0 Å². The second kappa shape index (κ2) is 6.29. The molecule has 2 unspecified atom stereocenters. The van der Waals surface area contributed by atoms with Gasteiger partial charge in [-0.25, -0.2) is 0 Å². The van der Waals surface area contributed by atoms with E-state index in [1.807, 2.05) is 0 Å². The zero-order chi connectivity index (χ0) is 11.1. The van der Waals surface area contributed by atoms with Crippen LogP contribution in [0.5, 0.6) is 0 Å². The predicted octanol–water partition coefficient (Wildman–Crippen LogP) is 2.89. The van der Waals surface area contributed by atoms with E-state index in [0.29, 0.717) is 6.04 Å². The molecule has 1 aliphatic heterocycles. The Bertz CT molecular complexity index is 203. The number of hydrogen-bond donors (Lipinski definition) is 1. The third kappa shape index (κ3) is 4.35. The molecule has 0 saturated carbocycles. The van der Waals surface area contributed by atoms with Crippen molar-refractivity contribution < 1.29 is 4.74 Å². The first-order valence-electron chi connectivity index (χ1n) is 6.18. The van der Waals surface area contributed by atoms with Crippen LogP contribution in [0.4, 0.5) is 0 Å². The summed E-state index contributed by atoms with van der Waals surface area (Å²) in [5, 5.41) is 3.61. The number of ether oxygens (including phenoxy) is 1. The maximum atomic E-state index is 5.82. The van der Waals surface area contributed by atoms with Crippen LogP contribution in [0.15, 0.2) is 12.2 Å². The van der Waals surface area contributed by atoms with Gasteiger partial charge < -0.3 is 10.1 Å². The first kappa shape index (κ1) is 12.7. The molecule has 0 amide bonds. The zero-order valence-electron chi connectivity index (χ0n) is 10.4. The molecule has 1 N–H and O–H groups in total. The molecular formula is C13H25NO. The number of hydrogen-bond acceptors (Lipinski definition) is 2. The van der Waals surface area contributed by atoms with Gasteiger partial charge in [0.25, 0.3) is 0 Å². The maximum absolute atomic E-state index is 5.82. The Morgan fingerprint density at radius 2 is 2.33 bits per heavy atom. The fourth-order valence-corrected chi connectivity index (χ4v) is 2.09. The lowest BCUT2D eigenvalue weighted by Gasteiger charge is -2.38. The van der Waals surface area contributed by atoms with Gasteiger partial charge in [-0.05, 0) is 46.1 Å². The van der Waals surface area contributed by atoms with Gasteiger partial charge >= 0.3 is 0 Å². The van der Waals surface area contributed by atoms with E-state index in [0.717, 1.165) is 38.8 Å². The van der Waals surface area contributed by atoms with Gasteiger partial charge in [0.1, 0.15) is 0 Å². The molecule has 0 aromatic carbocycles. The maximum Gasteiger partial charge on any atom is 0.0666 e. The first-order valence-corrected chi connectivity index (χ1v) is 6.18. The van der Waals surface area contributed by atoms with Crippen LogP contribution in [0.2, 0.25) is 0 Å². The lowest BCUT2D eigenvalue weighted by atomic mass is 9.90. The number of nitrogens with one attached hydrogen (secondary N) is 1. The van der Waals surface area contributed by atoms with Crippen LogP contribution in [-0.2, 0) is 4.74 Å². The summed E-state index contributed by atoms with van der Waals surface area (Å²) in [6, 6.07) is 0.647. The summed E-state index contributed by atoms with van der Waals surface area (Å²) >= 11 is 0. The lowest BCUT2D eigenvalue weighted by molar-refractivity contribution is -0.0777. The Hall–Kier alpha value is -0.340. The van der Waals surface area contributed by atoms with Crippen molar-refractivity contribution in [3.63, 3.8) is 0 Å². The third-order valence-electron chi connectivity index (χ3n) is 3.32. The van der Waals surface area contributed by atoms with Crippen LogP contribution in [0.3, 0.4) is 0 Å². The van der Waals surface area contributed by atoms with Gasteiger partial charge in [0, 0.05) is 12.6 Å². The molecule has 88 valence electrons. The Balaban J connectivity index is 2.24. The highest BCUT2D eigenvalue weighted by Crippen LogP contribution is 2.27. The van der Waals surface area contributed by atoms with Crippen molar-refractivity contribution in [2.45, 2.75) is 58.1 Å². The van der Waals surface area contributed by atoms with Crippen molar-refractivity contribution >= 4 is 0 Å². The van der Waals surface area contributed by atoms with Crippen molar-refractivity contribution in [3.05, 3.63) is 12.2 Å². The second-order valence-electron chi connectivity index (χ2n) is 4.65. The number of allylic oxidation sites excluding steroid dienone is 1. The minimum atomic E-state index is 0.108. The van der Waals surface area contributed by atoms with E-state index in [2.05, 4.69) is 38.2 Å². The highest BCUT2D eigenvalue weighted by Gasteiger charge is 2.30. The highest BCUT2D eigenvalue weighted by molar-refractivity contribution is 4.86. The average molecular weight is 211 g/mol. The van der Waals surface area contributed by atoms with Gasteiger partial charge in [-0.3, -0.25) is 0 Å². The van der Waals surface area contributed by atoms with Gasteiger partial charge in [0.15, 0.2) is 0 Å². The van der Waals surface area contributed by atoms with Crippen LogP contribution in [0.1, 0.15) is 46.5 Å². The SMILES string of the molecule is C/C=C/CCNC1CCOC(C)(CC)C1. The second-order valence-corrected chi connectivity index (χ2v) is 4.65. The first-order chi connectivity index (χ1) is 7.20. The monoisotopic (exact) mass is 211 g/mol. The normalized spacial score (nSPS) is 32.3. The highest BCUT2D eigenvalue weighted by atomic mass is 16.5. The largest absolute Gasteiger partial charge is 0.375 e. The molecule has 0 radical (unpaired) electrons. The summed E-state index contributed by atoms with van der Waals surface area (Å²) in [4.78, 5) is 0. The summed E-state index contributed by atoms with van der Waals surface area (Å²) in [5.74, 6) is 0. The van der Waals surface area contributed by atoms with Crippen molar-refractivity contribution in [1.82, 2.24) is 5.32 Å². The van der Waals surface area contributed by atoms with Crippen molar-refractivity contribution in [1.29, 1.82) is 0 Å². The van der Waals surface area contributed by atoms with E-state index in [9.17, 15) is 0 Å². The quantitative estimate of drug-likeness (QED) is 0.557. The molecule has 1 rings (SSSR count). The summed E-state index contributed by atoms with van der Waals surface area (Å²) in [5.41, 5.74) is 0.108. The van der Waals surface area contributed by atoms with Crippen molar-refractivity contribution in [2.24, 2.45) is 0 Å². The summed E-state index contributed by atoms with van der Waals surface area (Å²) in [7, 11) is 0. The Labute approximate surface area is 94.1 Å². The van der Waals surface area contributed by atoms with Crippen LogP contribution in [0.25, 0.3) is 0 Å². The van der Waals surface area contributed by atoms with Crippen molar-refractivity contribution in [2.75, 3.05) is 13.2 Å². The summed E-state index contributed by atoms with van der Waals surface area (Å²) in [6.45, 7) is 8.51. The molecule has 1 aliphatic rings. The minimum Gasteiger partial charge on any atom is -0.375 e. The molecule has 2 atom stereocenters. The van der Waals surface area contributed by atoms with Gasteiger partial charge in [-0.15, -0.1) is 0 Å². The molecule has 0 spiro atoms. The van der Waals surface area contributed by atoms with Crippen LogP contribution in [-0.4, -0.2) is 24.8 Å². The lowest BCUT2D eigenvalue weighted by Crippen LogP contribution is -2.45. The minimum absolute atomic E-state index is 0.108. The Kier molecular flexibility index (Phi) is 5.34. The van der Waals surface area contributed by atoms with Crippen molar-refractivity contribution in [3.8, 4) is 0 Å². The molecule has 0 aromatic heterocycles. The van der Waals surface area contributed by atoms with E-state index < -0.39 is 0 Å². The Morgan fingerprint density at radius 1 is 1.53 bits per heavy atom. The summed E-state index contributed by atoms with van der Waals surface area (Å²) < 4.78 is 5.82. The molecule has 2 nitrogen and oxygen atoms in total. The molecule has 1 saturated heterocycles. The van der Waals surface area contributed by atoms with Gasteiger partial charge in [-0.1, -0.05) is 19.1 Å². The van der Waals surface area contributed by atoms with Crippen LogP contribution < -0.4 is 5.32 Å². The predicted molar refractivity (Wildman–Crippen MR) is 65.1 cm³/mol. The topological polar surface area (TPSA) is 21.3 Å². The molecular weight excluding hydrogens is 186 g/mol. The summed E-state index contributed by atoms with van der Waals surface area (Å²) in [6.07, 6.45) is 8.88. The fraction of sp³-hybridized carbons (Fsp3) is 0.846. The molecule has 0 bridgehead atoms. The standard InChI is InChI=1S/C13H25NO/c1-4-6-7-9-14-12-8-10-15-13(3,5-2)11-12/h4,6,12,14H,5,7-11H2,1-3H3/b6-4+. The van der Waals surface area contributed by atoms with E-state index >= 15 is 0 Å². The van der Waals surface area contributed by atoms with Gasteiger partial charge in [0.05, 0.1) is 5.60 Å². The molecule has 1 fully saturated rings. The molecule has 2 heteroatoms.